The zero-order chi connectivity index (χ0) is 19.1. The van der Waals surface area contributed by atoms with Crippen molar-refractivity contribution >= 4 is 34.1 Å². The minimum atomic E-state index is -0.245. The summed E-state index contributed by atoms with van der Waals surface area (Å²) >= 11 is 0. The highest BCUT2D eigenvalue weighted by Gasteiger charge is 2.22. The van der Waals surface area contributed by atoms with E-state index < -0.39 is 0 Å². The van der Waals surface area contributed by atoms with Crippen molar-refractivity contribution in [2.24, 2.45) is 0 Å². The summed E-state index contributed by atoms with van der Waals surface area (Å²) in [5.41, 5.74) is 3.33. The number of ether oxygens (including phenoxy) is 3. The van der Waals surface area contributed by atoms with Crippen molar-refractivity contribution in [3.05, 3.63) is 60.2 Å². The van der Waals surface area contributed by atoms with Crippen molar-refractivity contribution in [3.8, 4) is 11.6 Å². The van der Waals surface area contributed by atoms with Gasteiger partial charge in [0.05, 0.1) is 19.8 Å². The van der Waals surface area contributed by atoms with Gasteiger partial charge in [0.1, 0.15) is 11.3 Å². The van der Waals surface area contributed by atoms with E-state index in [1.165, 1.54) is 5.56 Å². The van der Waals surface area contributed by atoms with Crippen molar-refractivity contribution in [1.29, 1.82) is 0 Å². The molecule has 0 atom stereocenters. The third-order valence-electron chi connectivity index (χ3n) is 5.38. The van der Waals surface area contributed by atoms with Gasteiger partial charge in [-0.25, -0.2) is 4.98 Å². The highest BCUT2D eigenvalue weighted by atomic mass is 35.5. The quantitative estimate of drug-likeness (QED) is 0.483. The summed E-state index contributed by atoms with van der Waals surface area (Å²) in [6.07, 6.45) is 5.16. The SMILES string of the molecule is Cc1c(C)n(CC2OCCO2)c2c(Oc3cccc4cnccc34)nccc12.Cl. The van der Waals surface area contributed by atoms with Crippen LogP contribution in [0.1, 0.15) is 11.3 Å². The fraction of sp³-hybridized carbons (Fsp3) is 0.273. The monoisotopic (exact) mass is 411 g/mol. The maximum absolute atomic E-state index is 6.34. The predicted octanol–water partition coefficient (Wildman–Crippen LogP) is 4.79. The van der Waals surface area contributed by atoms with E-state index in [0.717, 1.165) is 33.1 Å². The van der Waals surface area contributed by atoms with Crippen molar-refractivity contribution in [3.63, 3.8) is 0 Å². The molecule has 1 aliphatic heterocycles. The molecule has 0 bridgehead atoms. The first-order chi connectivity index (χ1) is 13.7. The van der Waals surface area contributed by atoms with E-state index in [1.807, 2.05) is 36.5 Å². The van der Waals surface area contributed by atoms with Crippen molar-refractivity contribution < 1.29 is 14.2 Å². The van der Waals surface area contributed by atoms with Gasteiger partial charge in [0, 0.05) is 40.4 Å². The Balaban J connectivity index is 0.00000205. The molecule has 29 heavy (non-hydrogen) atoms. The van der Waals surface area contributed by atoms with Gasteiger partial charge in [-0.1, -0.05) is 12.1 Å². The van der Waals surface area contributed by atoms with E-state index in [9.17, 15) is 0 Å². The zero-order valence-corrected chi connectivity index (χ0v) is 17.1. The average Bonchev–Trinajstić information content (AvgIpc) is 3.32. The normalized spacial score (nSPS) is 14.4. The van der Waals surface area contributed by atoms with Crippen LogP contribution in [0.15, 0.2) is 48.9 Å². The van der Waals surface area contributed by atoms with E-state index in [4.69, 9.17) is 14.2 Å². The third-order valence-corrected chi connectivity index (χ3v) is 5.38. The molecule has 1 aliphatic rings. The van der Waals surface area contributed by atoms with Gasteiger partial charge in [-0.15, -0.1) is 12.4 Å². The lowest BCUT2D eigenvalue weighted by molar-refractivity contribution is -0.0520. The van der Waals surface area contributed by atoms with E-state index in [-0.39, 0.29) is 18.7 Å². The van der Waals surface area contributed by atoms with Crippen LogP contribution in [0.2, 0.25) is 0 Å². The molecular weight excluding hydrogens is 390 g/mol. The van der Waals surface area contributed by atoms with Gasteiger partial charge < -0.3 is 18.8 Å². The second kappa shape index (κ2) is 7.99. The number of rotatable bonds is 4. The number of pyridine rings is 2. The molecule has 5 rings (SSSR count). The third kappa shape index (κ3) is 3.44. The molecule has 3 aromatic heterocycles. The summed E-state index contributed by atoms with van der Waals surface area (Å²) in [5.74, 6) is 1.34. The topological polar surface area (TPSA) is 58.4 Å². The fourth-order valence-electron chi connectivity index (χ4n) is 3.81. The second-order valence-electron chi connectivity index (χ2n) is 6.96. The second-order valence-corrected chi connectivity index (χ2v) is 6.96. The first-order valence-corrected chi connectivity index (χ1v) is 9.40. The lowest BCUT2D eigenvalue weighted by Gasteiger charge is -2.15. The first-order valence-electron chi connectivity index (χ1n) is 9.40. The zero-order valence-electron chi connectivity index (χ0n) is 16.3. The van der Waals surface area contributed by atoms with Gasteiger partial charge in [0.15, 0.2) is 6.29 Å². The molecule has 7 heteroatoms. The van der Waals surface area contributed by atoms with Gasteiger partial charge in [-0.3, -0.25) is 4.98 Å². The Morgan fingerprint density at radius 2 is 1.86 bits per heavy atom. The number of halogens is 1. The molecule has 4 heterocycles. The Hall–Kier alpha value is -2.67. The Bertz CT molecular complexity index is 1160. The van der Waals surface area contributed by atoms with Crippen LogP contribution in [-0.4, -0.2) is 34.0 Å². The molecule has 0 N–H and O–H groups in total. The van der Waals surface area contributed by atoms with Crippen LogP contribution < -0.4 is 4.74 Å². The van der Waals surface area contributed by atoms with Crippen LogP contribution in [0.5, 0.6) is 11.6 Å². The number of aromatic nitrogens is 3. The predicted molar refractivity (Wildman–Crippen MR) is 114 cm³/mol. The molecule has 0 spiro atoms. The van der Waals surface area contributed by atoms with E-state index >= 15 is 0 Å². The number of hydrogen-bond donors (Lipinski definition) is 0. The van der Waals surface area contributed by atoms with Crippen molar-refractivity contribution in [2.75, 3.05) is 13.2 Å². The van der Waals surface area contributed by atoms with Gasteiger partial charge in [-0.05, 0) is 37.6 Å². The average molecular weight is 412 g/mol. The molecule has 0 radical (unpaired) electrons. The smallest absolute Gasteiger partial charge is 0.244 e. The van der Waals surface area contributed by atoms with E-state index in [0.29, 0.717) is 25.6 Å². The minimum absolute atomic E-state index is 0. The van der Waals surface area contributed by atoms with E-state index in [1.54, 1.807) is 12.4 Å². The van der Waals surface area contributed by atoms with Crippen LogP contribution >= 0.6 is 12.4 Å². The Kier molecular flexibility index (Phi) is 5.41. The Labute approximate surface area is 174 Å². The molecule has 4 aromatic rings. The number of nitrogens with zero attached hydrogens (tertiary/aromatic N) is 3. The highest BCUT2D eigenvalue weighted by Crippen LogP contribution is 2.36. The van der Waals surface area contributed by atoms with Gasteiger partial charge in [-0.2, -0.15) is 0 Å². The van der Waals surface area contributed by atoms with Crippen molar-refractivity contribution in [2.45, 2.75) is 26.7 Å². The molecule has 1 fully saturated rings. The minimum Gasteiger partial charge on any atom is -0.436 e. The first kappa shape index (κ1) is 19.6. The molecule has 0 amide bonds. The van der Waals surface area contributed by atoms with Crippen molar-refractivity contribution in [1.82, 2.24) is 14.5 Å². The highest BCUT2D eigenvalue weighted by molar-refractivity contribution is 5.91. The largest absolute Gasteiger partial charge is 0.436 e. The van der Waals surface area contributed by atoms with Crippen LogP contribution in [0.3, 0.4) is 0 Å². The van der Waals surface area contributed by atoms with Crippen LogP contribution in [0.25, 0.3) is 21.7 Å². The summed E-state index contributed by atoms with van der Waals surface area (Å²) in [7, 11) is 0. The lowest BCUT2D eigenvalue weighted by Crippen LogP contribution is -2.18. The number of fused-ring (bicyclic) bond motifs is 2. The molecule has 0 saturated carbocycles. The van der Waals surface area contributed by atoms with Gasteiger partial charge >= 0.3 is 0 Å². The fourth-order valence-corrected chi connectivity index (χ4v) is 3.81. The van der Waals surface area contributed by atoms with Crippen LogP contribution in [0, 0.1) is 13.8 Å². The summed E-state index contributed by atoms with van der Waals surface area (Å²) < 4.78 is 19.9. The maximum atomic E-state index is 6.34. The molecule has 150 valence electrons. The standard InChI is InChI=1S/C22H21N3O3.ClH/c1-14-15(2)25(13-20-26-10-11-27-20)21-17(14)7-9-24-22(21)28-19-5-3-4-16-12-23-8-6-18(16)19;/h3-9,12,20H,10-11,13H2,1-2H3;1H. The molecule has 0 unspecified atom stereocenters. The molecular formula is C22H22ClN3O3. The van der Waals surface area contributed by atoms with E-state index in [2.05, 4.69) is 28.4 Å². The van der Waals surface area contributed by atoms with Crippen LogP contribution in [-0.2, 0) is 16.0 Å². The molecule has 6 nitrogen and oxygen atoms in total. The van der Waals surface area contributed by atoms with Gasteiger partial charge in [0.25, 0.3) is 0 Å². The van der Waals surface area contributed by atoms with Gasteiger partial charge in [0.2, 0.25) is 5.88 Å². The summed E-state index contributed by atoms with van der Waals surface area (Å²) in [4.78, 5) is 8.75. The Morgan fingerprint density at radius 3 is 2.69 bits per heavy atom. The number of benzene rings is 1. The maximum Gasteiger partial charge on any atom is 0.244 e. The number of hydrogen-bond acceptors (Lipinski definition) is 5. The lowest BCUT2D eigenvalue weighted by atomic mass is 10.1. The number of aryl methyl sites for hydroxylation is 1. The summed E-state index contributed by atoms with van der Waals surface area (Å²) in [5, 5.41) is 3.16. The summed E-state index contributed by atoms with van der Waals surface area (Å²) in [6, 6.07) is 9.94. The molecule has 0 aliphatic carbocycles. The molecule has 1 saturated heterocycles. The molecule has 1 aromatic carbocycles. The summed E-state index contributed by atoms with van der Waals surface area (Å²) in [6.45, 7) is 6.11. The Morgan fingerprint density at radius 1 is 1.07 bits per heavy atom. The van der Waals surface area contributed by atoms with Crippen LogP contribution in [0.4, 0.5) is 0 Å².